The summed E-state index contributed by atoms with van der Waals surface area (Å²) < 4.78 is 5.37. The highest BCUT2D eigenvalue weighted by molar-refractivity contribution is 5.21. The summed E-state index contributed by atoms with van der Waals surface area (Å²) in [6, 6.07) is 0. The van der Waals surface area contributed by atoms with Crippen molar-refractivity contribution in [1.29, 1.82) is 0 Å². The lowest BCUT2D eigenvalue weighted by Gasteiger charge is -2.48. The van der Waals surface area contributed by atoms with Gasteiger partial charge in [-0.15, -0.1) is 0 Å². The molecule has 0 radical (unpaired) electrons. The van der Waals surface area contributed by atoms with Crippen LogP contribution in [0.5, 0.6) is 0 Å². The van der Waals surface area contributed by atoms with Crippen molar-refractivity contribution in [3.63, 3.8) is 0 Å². The van der Waals surface area contributed by atoms with Gasteiger partial charge in [-0.2, -0.15) is 0 Å². The fraction of sp³-hybridized carbons (Fsp3) is 0.846. The molecule has 0 aromatic carbocycles. The van der Waals surface area contributed by atoms with Crippen LogP contribution < -0.4 is 0 Å². The molecule has 1 heterocycles. The van der Waals surface area contributed by atoms with Gasteiger partial charge in [0.25, 0.3) is 0 Å². The van der Waals surface area contributed by atoms with Crippen molar-refractivity contribution in [3.05, 3.63) is 11.8 Å². The van der Waals surface area contributed by atoms with Crippen molar-refractivity contribution in [1.82, 2.24) is 0 Å². The molecule has 86 valence electrons. The monoisotopic (exact) mass is 210 g/mol. The number of hydrogen-bond donors (Lipinski definition) is 1. The molecule has 1 unspecified atom stereocenters. The molecule has 1 aliphatic heterocycles. The number of rotatable bonds is 1. The van der Waals surface area contributed by atoms with E-state index in [9.17, 15) is 5.11 Å². The van der Waals surface area contributed by atoms with Crippen LogP contribution in [0.15, 0.2) is 11.8 Å². The standard InChI is InChI=1S/C13H22O2/c1-12(2)7-3-4-8-13(12,14)11-6-5-9-15-10-11/h10,14H,3-9H2,1-2H3. The molecular formula is C13H22O2. The van der Waals surface area contributed by atoms with E-state index in [4.69, 9.17) is 4.74 Å². The summed E-state index contributed by atoms with van der Waals surface area (Å²) in [7, 11) is 0. The Bertz CT molecular complexity index is 268. The smallest absolute Gasteiger partial charge is 0.0939 e. The lowest BCUT2D eigenvalue weighted by Crippen LogP contribution is -2.49. The van der Waals surface area contributed by atoms with Crippen LogP contribution in [-0.4, -0.2) is 17.3 Å². The van der Waals surface area contributed by atoms with Crippen molar-refractivity contribution >= 4 is 0 Å². The molecule has 2 rings (SSSR count). The van der Waals surface area contributed by atoms with Gasteiger partial charge in [0.05, 0.1) is 18.5 Å². The number of aliphatic hydroxyl groups is 1. The summed E-state index contributed by atoms with van der Waals surface area (Å²) in [5, 5.41) is 10.9. The Morgan fingerprint density at radius 2 is 1.93 bits per heavy atom. The molecular weight excluding hydrogens is 188 g/mol. The van der Waals surface area contributed by atoms with E-state index in [2.05, 4.69) is 13.8 Å². The second-order valence-electron chi connectivity index (χ2n) is 5.57. The highest BCUT2D eigenvalue weighted by atomic mass is 16.5. The molecule has 0 saturated heterocycles. The molecule has 1 aliphatic carbocycles. The Kier molecular flexibility index (Phi) is 2.80. The molecule has 2 aliphatic rings. The Morgan fingerprint density at radius 1 is 1.20 bits per heavy atom. The van der Waals surface area contributed by atoms with Crippen molar-refractivity contribution in [3.8, 4) is 0 Å². The van der Waals surface area contributed by atoms with Gasteiger partial charge in [0.1, 0.15) is 0 Å². The molecule has 0 spiro atoms. The van der Waals surface area contributed by atoms with E-state index in [1.165, 1.54) is 6.42 Å². The minimum atomic E-state index is -0.619. The highest BCUT2D eigenvalue weighted by Gasteiger charge is 2.47. The minimum absolute atomic E-state index is 0.00220. The van der Waals surface area contributed by atoms with E-state index in [-0.39, 0.29) is 5.41 Å². The van der Waals surface area contributed by atoms with Gasteiger partial charge >= 0.3 is 0 Å². The molecule has 1 N–H and O–H groups in total. The molecule has 2 heteroatoms. The van der Waals surface area contributed by atoms with Crippen LogP contribution in [0, 0.1) is 5.41 Å². The molecule has 1 saturated carbocycles. The summed E-state index contributed by atoms with van der Waals surface area (Å²) in [5.41, 5.74) is 0.502. The maximum absolute atomic E-state index is 10.9. The van der Waals surface area contributed by atoms with Crippen molar-refractivity contribution in [2.24, 2.45) is 5.41 Å². The summed E-state index contributed by atoms with van der Waals surface area (Å²) in [5.74, 6) is 0. The SMILES string of the molecule is CC1(C)CCCCC1(O)C1=COCCC1. The molecule has 0 aromatic rings. The van der Waals surface area contributed by atoms with Crippen molar-refractivity contribution < 1.29 is 9.84 Å². The van der Waals surface area contributed by atoms with E-state index in [0.717, 1.165) is 44.3 Å². The quantitative estimate of drug-likeness (QED) is 0.721. The zero-order chi connectivity index (χ0) is 10.9. The summed E-state index contributed by atoms with van der Waals surface area (Å²) in [6.45, 7) is 5.17. The third kappa shape index (κ3) is 1.80. The van der Waals surface area contributed by atoms with Gasteiger partial charge in [-0.05, 0) is 36.7 Å². The Hall–Kier alpha value is -0.500. The largest absolute Gasteiger partial charge is 0.501 e. The lowest BCUT2D eigenvalue weighted by atomic mass is 9.62. The van der Waals surface area contributed by atoms with Crippen LogP contribution in [0.25, 0.3) is 0 Å². The van der Waals surface area contributed by atoms with Gasteiger partial charge in [-0.25, -0.2) is 0 Å². The van der Waals surface area contributed by atoms with E-state index in [1.54, 1.807) is 0 Å². The Morgan fingerprint density at radius 3 is 2.53 bits per heavy atom. The van der Waals surface area contributed by atoms with Gasteiger partial charge < -0.3 is 9.84 Å². The summed E-state index contributed by atoms with van der Waals surface area (Å²) >= 11 is 0. The van der Waals surface area contributed by atoms with Gasteiger partial charge in [0, 0.05) is 0 Å². The minimum Gasteiger partial charge on any atom is -0.501 e. The Labute approximate surface area is 92.3 Å². The lowest BCUT2D eigenvalue weighted by molar-refractivity contribution is -0.0727. The van der Waals surface area contributed by atoms with E-state index in [1.807, 2.05) is 6.26 Å². The van der Waals surface area contributed by atoms with Crippen LogP contribution in [0.1, 0.15) is 52.4 Å². The predicted octanol–water partition coefficient (Wildman–Crippen LogP) is 3.01. The van der Waals surface area contributed by atoms with Gasteiger partial charge in [-0.3, -0.25) is 0 Å². The highest BCUT2D eigenvalue weighted by Crippen LogP contribution is 2.49. The van der Waals surface area contributed by atoms with E-state index >= 15 is 0 Å². The second kappa shape index (κ2) is 3.82. The van der Waals surface area contributed by atoms with E-state index in [0.29, 0.717) is 0 Å². The van der Waals surface area contributed by atoms with Crippen LogP contribution >= 0.6 is 0 Å². The summed E-state index contributed by atoms with van der Waals surface area (Å²) in [6.07, 6.45) is 8.25. The third-order valence-electron chi connectivity index (χ3n) is 4.18. The second-order valence-corrected chi connectivity index (χ2v) is 5.57. The van der Waals surface area contributed by atoms with Gasteiger partial charge in [0.2, 0.25) is 0 Å². The van der Waals surface area contributed by atoms with Gasteiger partial charge in [-0.1, -0.05) is 26.7 Å². The molecule has 0 amide bonds. The normalized spacial score (nSPS) is 35.5. The van der Waals surface area contributed by atoms with Crippen LogP contribution in [-0.2, 0) is 4.74 Å². The topological polar surface area (TPSA) is 29.5 Å². The number of hydrogen-bond acceptors (Lipinski definition) is 2. The molecule has 0 bridgehead atoms. The molecule has 0 aromatic heterocycles. The van der Waals surface area contributed by atoms with Crippen LogP contribution in [0.2, 0.25) is 0 Å². The first kappa shape index (κ1) is 11.0. The zero-order valence-corrected chi connectivity index (χ0v) is 9.88. The number of ether oxygens (including phenoxy) is 1. The molecule has 1 atom stereocenters. The predicted molar refractivity (Wildman–Crippen MR) is 60.5 cm³/mol. The first-order valence-corrected chi connectivity index (χ1v) is 6.10. The van der Waals surface area contributed by atoms with Crippen LogP contribution in [0.3, 0.4) is 0 Å². The molecule has 15 heavy (non-hydrogen) atoms. The fourth-order valence-corrected chi connectivity index (χ4v) is 2.96. The zero-order valence-electron chi connectivity index (χ0n) is 9.88. The molecule has 2 nitrogen and oxygen atoms in total. The summed E-state index contributed by atoms with van der Waals surface area (Å²) in [4.78, 5) is 0. The molecule has 1 fully saturated rings. The first-order chi connectivity index (χ1) is 7.06. The van der Waals surface area contributed by atoms with Crippen LogP contribution in [0.4, 0.5) is 0 Å². The third-order valence-corrected chi connectivity index (χ3v) is 4.18. The first-order valence-electron chi connectivity index (χ1n) is 6.10. The van der Waals surface area contributed by atoms with Gasteiger partial charge in [0.15, 0.2) is 0 Å². The average molecular weight is 210 g/mol. The maximum atomic E-state index is 10.9. The van der Waals surface area contributed by atoms with E-state index < -0.39 is 5.60 Å². The van der Waals surface area contributed by atoms with Crippen molar-refractivity contribution in [2.75, 3.05) is 6.61 Å². The fourth-order valence-electron chi connectivity index (χ4n) is 2.96. The Balaban J connectivity index is 2.25. The maximum Gasteiger partial charge on any atom is 0.0939 e. The average Bonchev–Trinajstić information content (AvgIpc) is 2.24. The van der Waals surface area contributed by atoms with Crippen molar-refractivity contribution in [2.45, 2.75) is 58.0 Å².